The number of hydrogen-bond donors (Lipinski definition) is 2. The van der Waals surface area contributed by atoms with Crippen molar-refractivity contribution in [2.75, 3.05) is 18.2 Å². The average molecular weight is 329 g/mol. The number of methoxy groups -OCH3 is 1. The molecular weight excluding hydrogens is 318 g/mol. The number of anilines is 2. The van der Waals surface area contributed by atoms with E-state index in [4.69, 9.17) is 33.7 Å². The number of nitrogens with two attached hydrogens (primary N) is 1. The van der Waals surface area contributed by atoms with Crippen LogP contribution in [0.4, 0.5) is 15.8 Å². The number of nitrogens with one attached hydrogen (secondary N) is 1. The predicted octanol–water partition coefficient (Wildman–Crippen LogP) is 3.98. The summed E-state index contributed by atoms with van der Waals surface area (Å²) < 4.78 is 18.3. The molecule has 0 spiro atoms. The lowest BCUT2D eigenvalue weighted by Gasteiger charge is -2.09. The average Bonchev–Trinajstić information content (AvgIpc) is 2.44. The van der Waals surface area contributed by atoms with Gasteiger partial charge in [0.1, 0.15) is 0 Å². The summed E-state index contributed by atoms with van der Waals surface area (Å²) in [6, 6.07) is 6.85. The minimum absolute atomic E-state index is 0.0894. The first-order chi connectivity index (χ1) is 9.92. The second-order valence-electron chi connectivity index (χ2n) is 4.16. The standard InChI is InChI=1S/C14H11Cl2FN2O2/c1-21-12-3-2-8(6-11(12)17)19-14(20)7-4-9(15)13(18)10(16)5-7/h2-6H,18H2,1H3,(H,19,20). The molecule has 110 valence electrons. The monoisotopic (exact) mass is 328 g/mol. The van der Waals surface area contributed by atoms with Gasteiger partial charge in [0.2, 0.25) is 0 Å². The number of hydrogen-bond acceptors (Lipinski definition) is 3. The van der Waals surface area contributed by atoms with Gasteiger partial charge in [-0.25, -0.2) is 4.39 Å². The molecule has 0 saturated carbocycles. The normalized spacial score (nSPS) is 10.3. The van der Waals surface area contributed by atoms with Crippen molar-refractivity contribution in [3.05, 3.63) is 51.8 Å². The SMILES string of the molecule is COc1ccc(NC(=O)c2cc(Cl)c(N)c(Cl)c2)cc1F. The van der Waals surface area contributed by atoms with Crippen LogP contribution in [0.1, 0.15) is 10.4 Å². The molecule has 0 radical (unpaired) electrons. The lowest BCUT2D eigenvalue weighted by Crippen LogP contribution is -2.12. The number of rotatable bonds is 3. The summed E-state index contributed by atoms with van der Waals surface area (Å²) in [7, 11) is 1.36. The molecule has 3 N–H and O–H groups in total. The van der Waals surface area contributed by atoms with E-state index in [-0.39, 0.29) is 32.7 Å². The molecule has 0 fully saturated rings. The number of carbonyl (C=O) groups excluding carboxylic acids is 1. The van der Waals surface area contributed by atoms with Crippen LogP contribution in [0.2, 0.25) is 10.0 Å². The van der Waals surface area contributed by atoms with Crippen molar-refractivity contribution in [2.45, 2.75) is 0 Å². The van der Waals surface area contributed by atoms with E-state index in [1.165, 1.54) is 31.4 Å². The van der Waals surface area contributed by atoms with Crippen molar-refractivity contribution in [3.63, 3.8) is 0 Å². The molecule has 0 aliphatic rings. The van der Waals surface area contributed by atoms with E-state index in [0.29, 0.717) is 0 Å². The zero-order chi connectivity index (χ0) is 15.6. The lowest BCUT2D eigenvalue weighted by atomic mass is 10.2. The summed E-state index contributed by atoms with van der Waals surface area (Å²) >= 11 is 11.7. The number of amides is 1. The Balaban J connectivity index is 2.24. The molecular formula is C14H11Cl2FN2O2. The molecule has 0 aromatic heterocycles. The Morgan fingerprint density at radius 1 is 1.24 bits per heavy atom. The molecule has 2 aromatic carbocycles. The Morgan fingerprint density at radius 3 is 2.38 bits per heavy atom. The molecule has 7 heteroatoms. The maximum Gasteiger partial charge on any atom is 0.255 e. The van der Waals surface area contributed by atoms with Gasteiger partial charge in [0.25, 0.3) is 5.91 Å². The Labute approximate surface area is 130 Å². The lowest BCUT2D eigenvalue weighted by molar-refractivity contribution is 0.102. The second-order valence-corrected chi connectivity index (χ2v) is 4.97. The summed E-state index contributed by atoms with van der Waals surface area (Å²) in [5, 5.41) is 2.88. The summed E-state index contributed by atoms with van der Waals surface area (Å²) in [5.41, 5.74) is 6.29. The van der Waals surface area contributed by atoms with Gasteiger partial charge in [-0.15, -0.1) is 0 Å². The topological polar surface area (TPSA) is 64.3 Å². The molecule has 0 heterocycles. The van der Waals surface area contributed by atoms with Gasteiger partial charge in [0.05, 0.1) is 22.8 Å². The molecule has 2 rings (SSSR count). The first kappa shape index (κ1) is 15.4. The van der Waals surface area contributed by atoms with E-state index in [1.807, 2.05) is 0 Å². The Kier molecular flexibility index (Phi) is 4.55. The third-order valence-corrected chi connectivity index (χ3v) is 3.38. The minimum Gasteiger partial charge on any atom is -0.494 e. The third-order valence-electron chi connectivity index (χ3n) is 2.75. The Bertz CT molecular complexity index is 684. The van der Waals surface area contributed by atoms with Crippen LogP contribution in [0.15, 0.2) is 30.3 Å². The quantitative estimate of drug-likeness (QED) is 0.837. The van der Waals surface area contributed by atoms with Crippen molar-refractivity contribution < 1.29 is 13.9 Å². The van der Waals surface area contributed by atoms with E-state index in [2.05, 4.69) is 5.32 Å². The molecule has 0 unspecified atom stereocenters. The Hall–Kier alpha value is -1.98. The fraction of sp³-hybridized carbons (Fsp3) is 0.0714. The van der Waals surface area contributed by atoms with Crippen LogP contribution in [0.25, 0.3) is 0 Å². The van der Waals surface area contributed by atoms with Crippen LogP contribution in [-0.2, 0) is 0 Å². The van der Waals surface area contributed by atoms with E-state index in [0.717, 1.165) is 6.07 Å². The Morgan fingerprint density at radius 2 is 1.86 bits per heavy atom. The van der Waals surface area contributed by atoms with Gasteiger partial charge in [-0.2, -0.15) is 0 Å². The fourth-order valence-corrected chi connectivity index (χ4v) is 2.15. The van der Waals surface area contributed by atoms with Gasteiger partial charge in [0.15, 0.2) is 11.6 Å². The number of halogens is 3. The van der Waals surface area contributed by atoms with Crippen molar-refractivity contribution >= 4 is 40.5 Å². The van der Waals surface area contributed by atoms with Gasteiger partial charge in [-0.05, 0) is 24.3 Å². The van der Waals surface area contributed by atoms with Crippen LogP contribution in [-0.4, -0.2) is 13.0 Å². The molecule has 4 nitrogen and oxygen atoms in total. The first-order valence-electron chi connectivity index (χ1n) is 5.81. The highest BCUT2D eigenvalue weighted by Gasteiger charge is 2.12. The van der Waals surface area contributed by atoms with Crippen LogP contribution >= 0.6 is 23.2 Å². The third kappa shape index (κ3) is 3.37. The van der Waals surface area contributed by atoms with Crippen molar-refractivity contribution in [2.24, 2.45) is 0 Å². The molecule has 1 amide bonds. The van der Waals surface area contributed by atoms with Gasteiger partial charge in [0, 0.05) is 17.3 Å². The van der Waals surface area contributed by atoms with Crippen LogP contribution in [0.5, 0.6) is 5.75 Å². The maximum absolute atomic E-state index is 13.5. The number of carbonyl (C=O) groups is 1. The maximum atomic E-state index is 13.5. The molecule has 0 saturated heterocycles. The predicted molar refractivity (Wildman–Crippen MR) is 81.8 cm³/mol. The molecule has 2 aromatic rings. The summed E-state index contributed by atoms with van der Waals surface area (Å²) in [6.45, 7) is 0. The van der Waals surface area contributed by atoms with E-state index >= 15 is 0 Å². The summed E-state index contributed by atoms with van der Waals surface area (Å²) in [5.74, 6) is -0.974. The second kappa shape index (κ2) is 6.20. The molecule has 0 aliphatic carbocycles. The highest BCUT2D eigenvalue weighted by Crippen LogP contribution is 2.29. The first-order valence-corrected chi connectivity index (χ1v) is 6.57. The van der Waals surface area contributed by atoms with Crippen LogP contribution in [0, 0.1) is 5.82 Å². The minimum atomic E-state index is -0.580. The largest absolute Gasteiger partial charge is 0.494 e. The summed E-state index contributed by atoms with van der Waals surface area (Å²) in [6.07, 6.45) is 0. The zero-order valence-electron chi connectivity index (χ0n) is 10.9. The van der Waals surface area contributed by atoms with Gasteiger partial charge >= 0.3 is 0 Å². The van der Waals surface area contributed by atoms with Gasteiger partial charge in [-0.1, -0.05) is 23.2 Å². The molecule has 21 heavy (non-hydrogen) atoms. The van der Waals surface area contributed by atoms with E-state index < -0.39 is 11.7 Å². The van der Waals surface area contributed by atoms with Gasteiger partial charge < -0.3 is 15.8 Å². The number of ether oxygens (including phenoxy) is 1. The van der Waals surface area contributed by atoms with Crippen molar-refractivity contribution in [1.29, 1.82) is 0 Å². The number of nitrogen functional groups attached to an aromatic ring is 1. The smallest absolute Gasteiger partial charge is 0.255 e. The van der Waals surface area contributed by atoms with E-state index in [9.17, 15) is 9.18 Å². The van der Waals surface area contributed by atoms with Crippen LogP contribution in [0.3, 0.4) is 0 Å². The zero-order valence-corrected chi connectivity index (χ0v) is 12.4. The highest BCUT2D eigenvalue weighted by molar-refractivity contribution is 6.39. The molecule has 0 atom stereocenters. The van der Waals surface area contributed by atoms with Crippen LogP contribution < -0.4 is 15.8 Å². The van der Waals surface area contributed by atoms with E-state index in [1.54, 1.807) is 0 Å². The fourth-order valence-electron chi connectivity index (χ4n) is 1.66. The highest BCUT2D eigenvalue weighted by atomic mass is 35.5. The van der Waals surface area contributed by atoms with Crippen molar-refractivity contribution in [1.82, 2.24) is 0 Å². The summed E-state index contributed by atoms with van der Waals surface area (Å²) in [4.78, 5) is 12.1. The number of benzene rings is 2. The van der Waals surface area contributed by atoms with Crippen molar-refractivity contribution in [3.8, 4) is 5.75 Å². The molecule has 0 aliphatic heterocycles. The van der Waals surface area contributed by atoms with Gasteiger partial charge in [-0.3, -0.25) is 4.79 Å². The molecule has 0 bridgehead atoms.